The number of benzene rings is 1. The standard InChI is InChI=1S/C12H9ClN2O2S/c13-18(16,17)7-8-1-2-11-10(5-8)9-3-4-14-6-12(9)15-11/h1-6,15H,7H2. The van der Waals surface area contributed by atoms with Crippen molar-refractivity contribution >= 4 is 41.5 Å². The number of fused-ring (bicyclic) bond motifs is 3. The average Bonchev–Trinajstić information content (AvgIpc) is 2.65. The molecule has 92 valence electrons. The summed E-state index contributed by atoms with van der Waals surface area (Å²) in [4.78, 5) is 7.26. The molecule has 2 heterocycles. The minimum atomic E-state index is -3.53. The number of H-pyrrole nitrogens is 1. The van der Waals surface area contributed by atoms with Gasteiger partial charge in [0.1, 0.15) is 0 Å². The van der Waals surface area contributed by atoms with Crippen molar-refractivity contribution in [1.82, 2.24) is 9.97 Å². The Morgan fingerprint density at radius 1 is 1.17 bits per heavy atom. The molecule has 18 heavy (non-hydrogen) atoms. The Morgan fingerprint density at radius 3 is 2.78 bits per heavy atom. The maximum Gasteiger partial charge on any atom is 0.236 e. The van der Waals surface area contributed by atoms with Crippen LogP contribution in [0.3, 0.4) is 0 Å². The molecule has 2 aromatic heterocycles. The van der Waals surface area contributed by atoms with E-state index in [-0.39, 0.29) is 5.75 Å². The molecule has 0 aliphatic carbocycles. The molecule has 1 N–H and O–H groups in total. The zero-order valence-corrected chi connectivity index (χ0v) is 10.8. The van der Waals surface area contributed by atoms with E-state index in [1.165, 1.54) is 0 Å². The predicted octanol–water partition coefficient (Wildman–Crippen LogP) is 2.78. The van der Waals surface area contributed by atoms with Crippen LogP contribution in [0, 0.1) is 0 Å². The van der Waals surface area contributed by atoms with E-state index in [0.717, 1.165) is 21.8 Å². The van der Waals surface area contributed by atoms with Crippen LogP contribution in [0.1, 0.15) is 5.56 Å². The Labute approximate surface area is 108 Å². The van der Waals surface area contributed by atoms with Crippen LogP contribution >= 0.6 is 10.7 Å². The van der Waals surface area contributed by atoms with E-state index in [4.69, 9.17) is 10.7 Å². The van der Waals surface area contributed by atoms with Gasteiger partial charge in [-0.1, -0.05) is 6.07 Å². The van der Waals surface area contributed by atoms with Crippen LogP contribution in [0.5, 0.6) is 0 Å². The maximum atomic E-state index is 11.1. The van der Waals surface area contributed by atoms with Crippen LogP contribution in [0.15, 0.2) is 36.7 Å². The number of aromatic nitrogens is 2. The van der Waals surface area contributed by atoms with Gasteiger partial charge in [0.2, 0.25) is 9.05 Å². The van der Waals surface area contributed by atoms with Crippen LogP contribution in [-0.4, -0.2) is 18.4 Å². The van der Waals surface area contributed by atoms with Gasteiger partial charge in [0.15, 0.2) is 0 Å². The van der Waals surface area contributed by atoms with E-state index >= 15 is 0 Å². The molecular formula is C12H9ClN2O2S. The van der Waals surface area contributed by atoms with Gasteiger partial charge in [-0.25, -0.2) is 8.42 Å². The highest BCUT2D eigenvalue weighted by molar-refractivity contribution is 8.13. The number of aromatic amines is 1. The molecule has 1 aromatic carbocycles. The van der Waals surface area contributed by atoms with Crippen molar-refractivity contribution in [2.75, 3.05) is 0 Å². The number of nitrogens with one attached hydrogen (secondary N) is 1. The zero-order chi connectivity index (χ0) is 12.8. The second kappa shape index (κ2) is 3.96. The van der Waals surface area contributed by atoms with Crippen LogP contribution in [-0.2, 0) is 14.8 Å². The van der Waals surface area contributed by atoms with E-state index in [9.17, 15) is 8.42 Å². The minimum absolute atomic E-state index is 0.164. The van der Waals surface area contributed by atoms with Crippen LogP contribution < -0.4 is 0 Å². The largest absolute Gasteiger partial charge is 0.353 e. The van der Waals surface area contributed by atoms with E-state index in [2.05, 4.69) is 9.97 Å². The van der Waals surface area contributed by atoms with Gasteiger partial charge in [-0.2, -0.15) is 0 Å². The van der Waals surface area contributed by atoms with Crippen molar-refractivity contribution in [3.63, 3.8) is 0 Å². The molecule has 0 aliphatic heterocycles. The first-order valence-electron chi connectivity index (χ1n) is 5.29. The van der Waals surface area contributed by atoms with Gasteiger partial charge < -0.3 is 4.98 Å². The Morgan fingerprint density at radius 2 is 2.00 bits per heavy atom. The number of nitrogens with zero attached hydrogens (tertiary/aromatic N) is 1. The Hall–Kier alpha value is -1.59. The van der Waals surface area contributed by atoms with Crippen LogP contribution in [0.25, 0.3) is 21.8 Å². The quantitative estimate of drug-likeness (QED) is 0.734. The smallest absolute Gasteiger partial charge is 0.236 e. The van der Waals surface area contributed by atoms with Gasteiger partial charge in [0.25, 0.3) is 0 Å². The van der Waals surface area contributed by atoms with Crippen molar-refractivity contribution in [2.24, 2.45) is 0 Å². The number of hydrogen-bond donors (Lipinski definition) is 1. The average molecular weight is 281 g/mol. The van der Waals surface area contributed by atoms with Gasteiger partial charge in [-0.15, -0.1) is 0 Å². The molecule has 0 bridgehead atoms. The minimum Gasteiger partial charge on any atom is -0.353 e. The number of hydrogen-bond acceptors (Lipinski definition) is 3. The third-order valence-electron chi connectivity index (χ3n) is 2.80. The molecule has 4 nitrogen and oxygen atoms in total. The van der Waals surface area contributed by atoms with Gasteiger partial charge >= 0.3 is 0 Å². The number of halogens is 1. The molecule has 0 spiro atoms. The monoisotopic (exact) mass is 280 g/mol. The summed E-state index contributed by atoms with van der Waals surface area (Å²) >= 11 is 0. The molecule has 3 aromatic rings. The first kappa shape index (κ1) is 11.5. The lowest BCUT2D eigenvalue weighted by Crippen LogP contribution is -1.94. The SMILES string of the molecule is O=S(=O)(Cl)Cc1ccc2[nH]c3cnccc3c2c1. The van der Waals surface area contributed by atoms with Gasteiger partial charge in [-0.3, -0.25) is 4.98 Å². The van der Waals surface area contributed by atoms with Gasteiger partial charge in [-0.05, 0) is 23.8 Å². The van der Waals surface area contributed by atoms with Crippen molar-refractivity contribution in [3.8, 4) is 0 Å². The Kier molecular flexibility index (Phi) is 2.53. The fraction of sp³-hybridized carbons (Fsp3) is 0.0833. The summed E-state index contributed by atoms with van der Waals surface area (Å²) in [5.74, 6) is -0.164. The highest BCUT2D eigenvalue weighted by atomic mass is 35.7. The lowest BCUT2D eigenvalue weighted by Gasteiger charge is -1.98. The van der Waals surface area contributed by atoms with E-state index in [1.54, 1.807) is 18.5 Å². The second-order valence-electron chi connectivity index (χ2n) is 4.11. The summed E-state index contributed by atoms with van der Waals surface area (Å²) in [6.07, 6.45) is 3.45. The molecule has 0 unspecified atom stereocenters. The first-order valence-corrected chi connectivity index (χ1v) is 7.77. The van der Waals surface area contributed by atoms with Gasteiger partial charge in [0.05, 0.1) is 17.5 Å². The van der Waals surface area contributed by atoms with Crippen LogP contribution in [0.2, 0.25) is 0 Å². The molecule has 0 amide bonds. The highest BCUT2D eigenvalue weighted by Crippen LogP contribution is 2.26. The predicted molar refractivity (Wildman–Crippen MR) is 72.1 cm³/mol. The Balaban J connectivity index is 2.24. The number of rotatable bonds is 2. The van der Waals surface area contributed by atoms with E-state index in [0.29, 0.717) is 5.56 Å². The molecule has 0 saturated heterocycles. The van der Waals surface area contributed by atoms with Crippen molar-refractivity contribution < 1.29 is 8.42 Å². The van der Waals surface area contributed by atoms with E-state index < -0.39 is 9.05 Å². The van der Waals surface area contributed by atoms with Gasteiger partial charge in [0, 0.05) is 33.2 Å². The topological polar surface area (TPSA) is 62.8 Å². The summed E-state index contributed by atoms with van der Waals surface area (Å²) in [5, 5.41) is 2.00. The number of pyridine rings is 1. The molecule has 0 aliphatic rings. The fourth-order valence-corrected chi connectivity index (χ4v) is 3.04. The summed E-state index contributed by atoms with van der Waals surface area (Å²) in [6.45, 7) is 0. The first-order chi connectivity index (χ1) is 8.53. The third kappa shape index (κ3) is 2.07. The molecular weight excluding hydrogens is 272 g/mol. The zero-order valence-electron chi connectivity index (χ0n) is 9.22. The Bertz CT molecular complexity index is 840. The summed E-state index contributed by atoms with van der Waals surface area (Å²) in [6, 6.07) is 7.35. The lowest BCUT2D eigenvalue weighted by molar-refractivity contribution is 0.609. The summed E-state index contributed by atoms with van der Waals surface area (Å²) in [5.41, 5.74) is 2.56. The third-order valence-corrected chi connectivity index (χ3v) is 3.81. The highest BCUT2D eigenvalue weighted by Gasteiger charge is 2.09. The molecule has 6 heteroatoms. The molecule has 3 rings (SSSR count). The van der Waals surface area contributed by atoms with Crippen molar-refractivity contribution in [3.05, 3.63) is 42.2 Å². The fourth-order valence-electron chi connectivity index (χ4n) is 2.09. The van der Waals surface area contributed by atoms with E-state index in [1.807, 2.05) is 18.2 Å². The van der Waals surface area contributed by atoms with Crippen molar-refractivity contribution in [2.45, 2.75) is 5.75 Å². The molecule has 0 saturated carbocycles. The summed E-state index contributed by atoms with van der Waals surface area (Å²) in [7, 11) is 1.73. The lowest BCUT2D eigenvalue weighted by atomic mass is 10.1. The molecule has 0 fully saturated rings. The van der Waals surface area contributed by atoms with Crippen molar-refractivity contribution in [1.29, 1.82) is 0 Å². The summed E-state index contributed by atoms with van der Waals surface area (Å²) < 4.78 is 22.2. The second-order valence-corrected chi connectivity index (χ2v) is 6.89. The molecule has 0 atom stereocenters. The van der Waals surface area contributed by atoms with Crippen LogP contribution in [0.4, 0.5) is 0 Å². The maximum absolute atomic E-state index is 11.1. The molecule has 0 radical (unpaired) electrons. The normalized spacial score (nSPS) is 12.3.